The van der Waals surface area contributed by atoms with Crippen molar-refractivity contribution < 1.29 is 28.6 Å². The summed E-state index contributed by atoms with van der Waals surface area (Å²) in [5, 5.41) is 0. The Morgan fingerprint density at radius 1 is 1.00 bits per heavy atom. The summed E-state index contributed by atoms with van der Waals surface area (Å²) in [5.74, 6) is -0.284. The number of imide groups is 1. The molecule has 1 fully saturated rings. The van der Waals surface area contributed by atoms with E-state index in [4.69, 9.17) is 14.2 Å². The van der Waals surface area contributed by atoms with Crippen LogP contribution in [0.4, 0.5) is 5.69 Å². The highest BCUT2D eigenvalue weighted by Crippen LogP contribution is 2.28. The van der Waals surface area contributed by atoms with Gasteiger partial charge in [0.2, 0.25) is 5.91 Å². The molecule has 0 bridgehead atoms. The molecule has 2 aromatic carbocycles. The number of carbonyl (C=O) groups excluding carboxylic acids is 3. The number of methoxy groups -OCH3 is 3. The van der Waals surface area contributed by atoms with Crippen LogP contribution in [0.5, 0.6) is 5.75 Å². The molecule has 0 aromatic heterocycles. The molecule has 1 unspecified atom stereocenters. The zero-order chi connectivity index (χ0) is 24.1. The summed E-state index contributed by atoms with van der Waals surface area (Å²) in [6, 6.07) is 12.9. The predicted octanol–water partition coefficient (Wildman–Crippen LogP) is 3.21. The van der Waals surface area contributed by atoms with Crippen LogP contribution >= 0.6 is 0 Å². The number of hydrogen-bond acceptors (Lipinski definition) is 6. The van der Waals surface area contributed by atoms with Gasteiger partial charge in [-0.15, -0.1) is 0 Å². The molecule has 0 saturated carbocycles. The summed E-state index contributed by atoms with van der Waals surface area (Å²) < 4.78 is 15.7. The molecule has 3 rings (SSSR count). The highest BCUT2D eigenvalue weighted by Gasteiger charge is 2.45. The minimum Gasteiger partial charge on any atom is -0.497 e. The van der Waals surface area contributed by atoms with E-state index in [9.17, 15) is 14.4 Å². The van der Waals surface area contributed by atoms with E-state index in [-0.39, 0.29) is 18.9 Å². The lowest BCUT2D eigenvalue weighted by molar-refractivity contribution is -0.128. The number of benzene rings is 2. The van der Waals surface area contributed by atoms with Crippen LogP contribution in [0.2, 0.25) is 0 Å². The normalized spacial score (nSPS) is 16.1. The van der Waals surface area contributed by atoms with Gasteiger partial charge in [0, 0.05) is 19.8 Å². The Morgan fingerprint density at radius 3 is 2.12 bits per heavy atom. The van der Waals surface area contributed by atoms with Crippen molar-refractivity contribution in [3.8, 4) is 5.75 Å². The van der Waals surface area contributed by atoms with Gasteiger partial charge in [-0.1, -0.05) is 26.0 Å². The summed E-state index contributed by atoms with van der Waals surface area (Å²) in [6.45, 7) is 4.13. The third kappa shape index (κ3) is 5.23. The van der Waals surface area contributed by atoms with Crippen molar-refractivity contribution in [2.45, 2.75) is 38.5 Å². The average molecular weight is 455 g/mol. The van der Waals surface area contributed by atoms with Gasteiger partial charge in [-0.2, -0.15) is 0 Å². The average Bonchev–Trinajstić information content (AvgIpc) is 3.13. The van der Waals surface area contributed by atoms with Gasteiger partial charge in [0.1, 0.15) is 11.8 Å². The van der Waals surface area contributed by atoms with Crippen LogP contribution in [0.3, 0.4) is 0 Å². The fourth-order valence-electron chi connectivity index (χ4n) is 3.80. The maximum absolute atomic E-state index is 13.4. The Labute approximate surface area is 194 Å². The Hall–Kier alpha value is -3.23. The van der Waals surface area contributed by atoms with Crippen LogP contribution in [0, 0.1) is 0 Å². The molecule has 2 aromatic rings. The Morgan fingerprint density at radius 2 is 1.61 bits per heavy atom. The van der Waals surface area contributed by atoms with Crippen LogP contribution < -0.4 is 9.64 Å². The van der Waals surface area contributed by atoms with Crippen molar-refractivity contribution >= 4 is 23.4 Å². The van der Waals surface area contributed by atoms with Crippen molar-refractivity contribution in [2.24, 2.45) is 0 Å². The summed E-state index contributed by atoms with van der Waals surface area (Å²) >= 11 is 0. The zero-order valence-corrected chi connectivity index (χ0v) is 19.6. The van der Waals surface area contributed by atoms with Gasteiger partial charge in [0.05, 0.1) is 25.8 Å². The van der Waals surface area contributed by atoms with E-state index in [1.807, 2.05) is 12.1 Å². The second-order valence-corrected chi connectivity index (χ2v) is 8.12. The molecule has 1 atom stereocenters. The maximum Gasteiger partial charge on any atom is 0.257 e. The number of amides is 3. The molecule has 0 radical (unpaired) electrons. The molecule has 33 heavy (non-hydrogen) atoms. The molecule has 8 nitrogen and oxygen atoms in total. The molecule has 176 valence electrons. The summed E-state index contributed by atoms with van der Waals surface area (Å²) in [6.07, 6.45) is -0.873. The van der Waals surface area contributed by atoms with E-state index in [1.54, 1.807) is 36.4 Å². The van der Waals surface area contributed by atoms with E-state index in [0.29, 0.717) is 22.9 Å². The quantitative estimate of drug-likeness (QED) is 0.427. The number of carbonyl (C=O) groups is 3. The first-order chi connectivity index (χ1) is 15.8. The second-order valence-electron chi connectivity index (χ2n) is 8.12. The first-order valence-electron chi connectivity index (χ1n) is 10.8. The molecular weight excluding hydrogens is 424 g/mol. The Bertz CT molecular complexity index is 983. The molecule has 1 heterocycles. The lowest BCUT2D eigenvalue weighted by Crippen LogP contribution is -2.49. The molecule has 0 N–H and O–H groups in total. The molecule has 3 amide bonds. The largest absolute Gasteiger partial charge is 0.497 e. The standard InChI is InChI=1S/C25H30N2O6/c1-16(2)17-6-10-19(11-7-17)27-22(28)14-21(25(27)30)26(15-23(32-4)33-5)24(29)18-8-12-20(31-3)13-9-18/h6-13,16,21,23H,14-15H2,1-5H3. The smallest absolute Gasteiger partial charge is 0.257 e. The minimum atomic E-state index is -0.968. The first kappa shape index (κ1) is 24.4. The van der Waals surface area contributed by atoms with Crippen molar-refractivity contribution in [1.82, 2.24) is 4.90 Å². The van der Waals surface area contributed by atoms with Gasteiger partial charge in [0.15, 0.2) is 6.29 Å². The highest BCUT2D eigenvalue weighted by atomic mass is 16.7. The van der Waals surface area contributed by atoms with Crippen LogP contribution in [-0.4, -0.2) is 62.8 Å². The number of ether oxygens (including phenoxy) is 3. The topological polar surface area (TPSA) is 85.4 Å². The van der Waals surface area contributed by atoms with E-state index >= 15 is 0 Å². The lowest BCUT2D eigenvalue weighted by Gasteiger charge is -2.30. The molecule has 0 aliphatic carbocycles. The monoisotopic (exact) mass is 454 g/mol. The molecule has 0 spiro atoms. The molecule has 1 saturated heterocycles. The lowest BCUT2D eigenvalue weighted by atomic mass is 10.0. The SMILES string of the molecule is COc1ccc(C(=O)N(CC(OC)OC)C2CC(=O)N(c3ccc(C(C)C)cc3)C2=O)cc1. The summed E-state index contributed by atoms with van der Waals surface area (Å²) in [4.78, 5) is 42.2. The van der Waals surface area contributed by atoms with Crippen LogP contribution in [0.25, 0.3) is 0 Å². The number of rotatable bonds is 9. The van der Waals surface area contributed by atoms with Gasteiger partial charge >= 0.3 is 0 Å². The Balaban J connectivity index is 1.91. The van der Waals surface area contributed by atoms with Gasteiger partial charge in [-0.25, -0.2) is 4.90 Å². The van der Waals surface area contributed by atoms with Crippen molar-refractivity contribution in [3.05, 3.63) is 59.7 Å². The van der Waals surface area contributed by atoms with Crippen LogP contribution in [-0.2, 0) is 19.1 Å². The molecule has 1 aliphatic heterocycles. The molecule has 8 heteroatoms. The van der Waals surface area contributed by atoms with Crippen LogP contribution in [0.1, 0.15) is 42.1 Å². The second kappa shape index (κ2) is 10.6. The number of anilines is 1. The van der Waals surface area contributed by atoms with E-state index < -0.39 is 24.1 Å². The molecular formula is C25H30N2O6. The predicted molar refractivity (Wildman–Crippen MR) is 123 cm³/mol. The summed E-state index contributed by atoms with van der Waals surface area (Å²) in [7, 11) is 4.44. The van der Waals surface area contributed by atoms with Gasteiger partial charge < -0.3 is 19.1 Å². The number of hydrogen-bond donors (Lipinski definition) is 0. The Kier molecular flexibility index (Phi) is 7.84. The maximum atomic E-state index is 13.4. The first-order valence-corrected chi connectivity index (χ1v) is 10.8. The van der Waals surface area contributed by atoms with E-state index in [2.05, 4.69) is 13.8 Å². The third-order valence-corrected chi connectivity index (χ3v) is 5.79. The fraction of sp³-hybridized carbons (Fsp3) is 0.400. The van der Waals surface area contributed by atoms with Crippen molar-refractivity contribution in [3.63, 3.8) is 0 Å². The van der Waals surface area contributed by atoms with E-state index in [0.717, 1.165) is 10.5 Å². The van der Waals surface area contributed by atoms with Crippen molar-refractivity contribution in [2.75, 3.05) is 32.8 Å². The van der Waals surface area contributed by atoms with Gasteiger partial charge in [-0.3, -0.25) is 14.4 Å². The third-order valence-electron chi connectivity index (χ3n) is 5.79. The number of nitrogens with zero attached hydrogens (tertiary/aromatic N) is 2. The van der Waals surface area contributed by atoms with Crippen LogP contribution in [0.15, 0.2) is 48.5 Å². The summed E-state index contributed by atoms with van der Waals surface area (Å²) in [5.41, 5.74) is 1.96. The van der Waals surface area contributed by atoms with E-state index in [1.165, 1.54) is 26.2 Å². The van der Waals surface area contributed by atoms with Gasteiger partial charge in [0.25, 0.3) is 11.8 Å². The van der Waals surface area contributed by atoms with Gasteiger partial charge in [-0.05, 0) is 47.9 Å². The minimum absolute atomic E-state index is 0.0122. The fourth-order valence-corrected chi connectivity index (χ4v) is 3.80. The van der Waals surface area contributed by atoms with Crippen molar-refractivity contribution in [1.29, 1.82) is 0 Å². The zero-order valence-electron chi connectivity index (χ0n) is 19.6. The highest BCUT2D eigenvalue weighted by molar-refractivity contribution is 6.23. The molecule has 1 aliphatic rings.